The van der Waals surface area contributed by atoms with Crippen molar-refractivity contribution in [3.8, 4) is 0 Å². The third-order valence-corrected chi connectivity index (χ3v) is 8.92. The van der Waals surface area contributed by atoms with Gasteiger partial charge in [-0.1, -0.05) is 0 Å². The summed E-state index contributed by atoms with van der Waals surface area (Å²) in [5.74, 6) is 0. The van der Waals surface area contributed by atoms with Gasteiger partial charge < -0.3 is 0 Å². The van der Waals surface area contributed by atoms with Gasteiger partial charge in [0.05, 0.1) is 0 Å². The van der Waals surface area contributed by atoms with Gasteiger partial charge in [-0.3, -0.25) is 0 Å². The number of rotatable bonds is 3. The molecule has 0 fully saturated rings. The first-order valence-corrected chi connectivity index (χ1v) is 9.63. The molecular weight excluding hydrogens is 289 g/mol. The fourth-order valence-electron chi connectivity index (χ4n) is 2.31. The van der Waals surface area contributed by atoms with Gasteiger partial charge in [0.15, 0.2) is 0 Å². The fraction of sp³-hybridized carbons (Fsp3) is 0. The van der Waals surface area contributed by atoms with Crippen LogP contribution in [0.4, 0.5) is 0 Å². The summed E-state index contributed by atoms with van der Waals surface area (Å²) in [7, 11) is 0. The average Bonchev–Trinajstić information content (AvgIpc) is 2.51. The zero-order valence-corrected chi connectivity index (χ0v) is 12.8. The third kappa shape index (κ3) is 2.79. The Morgan fingerprint density at radius 2 is 0.632 bits per heavy atom. The van der Waals surface area contributed by atoms with Gasteiger partial charge in [-0.05, 0) is 0 Å². The van der Waals surface area contributed by atoms with Crippen LogP contribution < -0.4 is 13.2 Å². The molecule has 0 N–H and O–H groups in total. The molecule has 91 valence electrons. The summed E-state index contributed by atoms with van der Waals surface area (Å²) < 4.78 is 4.50. The van der Waals surface area contributed by atoms with Crippen LogP contribution in [0.3, 0.4) is 0 Å². The van der Waals surface area contributed by atoms with Crippen LogP contribution in [-0.4, -0.2) is 14.3 Å². The van der Waals surface area contributed by atoms with Crippen LogP contribution in [0, 0.1) is 0 Å². The van der Waals surface area contributed by atoms with Crippen molar-refractivity contribution in [3.63, 3.8) is 0 Å². The van der Waals surface area contributed by atoms with Crippen LogP contribution in [-0.2, 0) is 0 Å². The zero-order chi connectivity index (χ0) is 12.9. The second kappa shape index (κ2) is 5.90. The Hall–Kier alpha value is -1.80. The third-order valence-electron chi connectivity index (χ3n) is 3.19. The second-order valence-electron chi connectivity index (χ2n) is 4.47. The molecule has 0 saturated heterocycles. The molecule has 0 bridgehead atoms. The van der Waals surface area contributed by atoms with E-state index in [1.54, 1.807) is 0 Å². The molecule has 3 aromatic carbocycles. The zero-order valence-electron chi connectivity index (χ0n) is 10.7. The summed E-state index contributed by atoms with van der Waals surface area (Å²) in [4.78, 5) is 0. The molecule has 0 atom stereocenters. The van der Waals surface area contributed by atoms with E-state index in [9.17, 15) is 0 Å². The molecule has 0 aromatic heterocycles. The van der Waals surface area contributed by atoms with Crippen LogP contribution in [0.5, 0.6) is 0 Å². The van der Waals surface area contributed by atoms with Gasteiger partial charge in [0.2, 0.25) is 0 Å². The number of hydrogen-bond acceptors (Lipinski definition) is 0. The molecule has 19 heavy (non-hydrogen) atoms. The molecule has 1 heteroatoms. The first-order valence-electron chi connectivity index (χ1n) is 6.48. The van der Waals surface area contributed by atoms with Crippen molar-refractivity contribution in [2.45, 2.75) is 0 Å². The van der Waals surface area contributed by atoms with Gasteiger partial charge >= 0.3 is 119 Å². The van der Waals surface area contributed by atoms with Gasteiger partial charge in [-0.2, -0.15) is 0 Å². The van der Waals surface area contributed by atoms with Gasteiger partial charge in [-0.25, -0.2) is 0 Å². The van der Waals surface area contributed by atoms with E-state index in [0.717, 1.165) is 0 Å². The molecule has 0 aliphatic carbocycles. The summed E-state index contributed by atoms with van der Waals surface area (Å²) in [6.45, 7) is 0. The maximum atomic E-state index is 2.27. The van der Waals surface area contributed by atoms with Crippen molar-refractivity contribution >= 4 is 27.5 Å². The molecule has 0 nitrogen and oxygen atoms in total. The molecule has 0 spiro atoms. The Balaban J connectivity index is 2.12. The minimum atomic E-state index is -1.63. The minimum absolute atomic E-state index is 1.50. The van der Waals surface area contributed by atoms with E-state index in [4.69, 9.17) is 0 Å². The van der Waals surface area contributed by atoms with Crippen molar-refractivity contribution in [2.24, 2.45) is 0 Å². The quantitative estimate of drug-likeness (QED) is 0.651. The average molecular weight is 304 g/mol. The molecule has 0 aliphatic heterocycles. The van der Waals surface area contributed by atoms with E-state index in [1.165, 1.54) is 13.2 Å². The topological polar surface area (TPSA) is 0 Å². The van der Waals surface area contributed by atoms with Crippen LogP contribution in [0.2, 0.25) is 0 Å². The standard InChI is InChI=1S/C18H15Ge/c1-4-10-16(11-5-1)19(17-12-6-2-7-13-17)18-14-8-3-9-15-18/h1-15H. The second-order valence-corrected chi connectivity index (χ2v) is 9.68. The Kier molecular flexibility index (Phi) is 3.80. The van der Waals surface area contributed by atoms with E-state index in [1.807, 2.05) is 0 Å². The van der Waals surface area contributed by atoms with E-state index in [2.05, 4.69) is 91.0 Å². The van der Waals surface area contributed by atoms with Crippen molar-refractivity contribution in [2.75, 3.05) is 0 Å². The molecule has 0 amide bonds. The summed E-state index contributed by atoms with van der Waals surface area (Å²) in [5.41, 5.74) is 0. The van der Waals surface area contributed by atoms with Crippen LogP contribution in [0.1, 0.15) is 0 Å². The Labute approximate surface area is 118 Å². The van der Waals surface area contributed by atoms with Crippen LogP contribution >= 0.6 is 0 Å². The van der Waals surface area contributed by atoms with Gasteiger partial charge in [0.1, 0.15) is 0 Å². The molecule has 0 heterocycles. The van der Waals surface area contributed by atoms with Crippen LogP contribution in [0.15, 0.2) is 91.0 Å². The summed E-state index contributed by atoms with van der Waals surface area (Å²) in [6.07, 6.45) is 0. The van der Waals surface area contributed by atoms with E-state index in [0.29, 0.717) is 0 Å². The van der Waals surface area contributed by atoms with Crippen LogP contribution in [0.25, 0.3) is 0 Å². The summed E-state index contributed by atoms with van der Waals surface area (Å²) in [5, 5.41) is 0. The maximum absolute atomic E-state index is 2.27. The molecule has 0 saturated carbocycles. The molecule has 3 aromatic rings. The first kappa shape index (κ1) is 12.2. The SMILES string of the molecule is c1cc[c]([Ge]([c]2ccccc2)[c]2ccccc2)cc1. The van der Waals surface area contributed by atoms with Gasteiger partial charge in [0, 0.05) is 0 Å². The normalized spacial score (nSPS) is 10.6. The Bertz CT molecular complexity index is 524. The van der Waals surface area contributed by atoms with Crippen molar-refractivity contribution in [3.05, 3.63) is 91.0 Å². The van der Waals surface area contributed by atoms with E-state index >= 15 is 0 Å². The predicted molar refractivity (Wildman–Crippen MR) is 84.0 cm³/mol. The summed E-state index contributed by atoms with van der Waals surface area (Å²) in [6, 6.07) is 32.8. The molecule has 3 rings (SSSR count). The van der Waals surface area contributed by atoms with Crippen molar-refractivity contribution in [1.82, 2.24) is 0 Å². The van der Waals surface area contributed by atoms with Crippen molar-refractivity contribution < 1.29 is 0 Å². The number of hydrogen-bond donors (Lipinski definition) is 0. The molecule has 1 radical (unpaired) electrons. The monoisotopic (exact) mass is 305 g/mol. The molecule has 0 aliphatic rings. The van der Waals surface area contributed by atoms with E-state index in [-0.39, 0.29) is 0 Å². The Morgan fingerprint density at radius 1 is 0.368 bits per heavy atom. The van der Waals surface area contributed by atoms with Crippen molar-refractivity contribution in [1.29, 1.82) is 0 Å². The Morgan fingerprint density at radius 3 is 0.895 bits per heavy atom. The fourth-order valence-corrected chi connectivity index (χ4v) is 7.72. The van der Waals surface area contributed by atoms with E-state index < -0.39 is 14.3 Å². The first-order chi connectivity index (χ1) is 9.45. The predicted octanol–water partition coefficient (Wildman–Crippen LogP) is 2.20. The molecular formula is C18H15Ge. The molecule has 0 unspecified atom stereocenters. The van der Waals surface area contributed by atoms with Gasteiger partial charge in [-0.15, -0.1) is 0 Å². The summed E-state index contributed by atoms with van der Waals surface area (Å²) >= 11 is -1.63. The van der Waals surface area contributed by atoms with Gasteiger partial charge in [0.25, 0.3) is 0 Å². The number of benzene rings is 3.